The van der Waals surface area contributed by atoms with Gasteiger partial charge in [-0.25, -0.2) is 19.2 Å². The van der Waals surface area contributed by atoms with Gasteiger partial charge in [0.15, 0.2) is 0 Å². The molecular formula is C16H18FN3O2. The van der Waals surface area contributed by atoms with Crippen molar-refractivity contribution in [1.82, 2.24) is 9.97 Å². The highest BCUT2D eigenvalue weighted by Crippen LogP contribution is 2.29. The molecule has 0 bridgehead atoms. The van der Waals surface area contributed by atoms with Crippen molar-refractivity contribution in [3.8, 4) is 11.3 Å². The molecule has 0 saturated heterocycles. The molecule has 2 rings (SSSR count). The summed E-state index contributed by atoms with van der Waals surface area (Å²) in [4.78, 5) is 20.9. The van der Waals surface area contributed by atoms with Crippen LogP contribution in [0.25, 0.3) is 11.3 Å². The molecule has 0 fully saturated rings. The Labute approximate surface area is 128 Å². The number of carbonyl (C=O) groups excluding carboxylic acids is 1. The Morgan fingerprint density at radius 2 is 1.86 bits per heavy atom. The van der Waals surface area contributed by atoms with Gasteiger partial charge in [0.2, 0.25) is 5.95 Å². The first kappa shape index (κ1) is 15.9. The maximum Gasteiger partial charge on any atom is 0.341 e. The minimum atomic E-state index is -0.509. The fraction of sp³-hybridized carbons (Fsp3) is 0.312. The predicted octanol–water partition coefficient (Wildman–Crippen LogP) is 3.23. The molecule has 0 amide bonds. The van der Waals surface area contributed by atoms with E-state index < -0.39 is 5.97 Å². The summed E-state index contributed by atoms with van der Waals surface area (Å²) in [6, 6.07) is 5.81. The second kappa shape index (κ2) is 6.51. The van der Waals surface area contributed by atoms with Crippen molar-refractivity contribution in [3.05, 3.63) is 41.3 Å². The van der Waals surface area contributed by atoms with Crippen LogP contribution in [-0.2, 0) is 4.74 Å². The Morgan fingerprint density at radius 3 is 2.36 bits per heavy atom. The summed E-state index contributed by atoms with van der Waals surface area (Å²) in [6.45, 7) is 3.87. The normalized spacial score (nSPS) is 10.6. The number of halogens is 1. The third kappa shape index (κ3) is 3.05. The molecule has 5 nitrogen and oxygen atoms in total. The van der Waals surface area contributed by atoms with Crippen LogP contribution < -0.4 is 5.32 Å². The summed E-state index contributed by atoms with van der Waals surface area (Å²) in [5, 5.41) is 2.88. The monoisotopic (exact) mass is 303 g/mol. The van der Waals surface area contributed by atoms with Crippen molar-refractivity contribution in [2.75, 3.05) is 19.5 Å². The zero-order valence-electron chi connectivity index (χ0n) is 13.0. The predicted molar refractivity (Wildman–Crippen MR) is 82.4 cm³/mol. The number of ether oxygens (including phenoxy) is 1. The van der Waals surface area contributed by atoms with Crippen LogP contribution in [0.5, 0.6) is 0 Å². The Bertz CT molecular complexity index is 685. The Morgan fingerprint density at radius 1 is 1.23 bits per heavy atom. The minimum absolute atomic E-state index is 0.00315. The summed E-state index contributed by atoms with van der Waals surface area (Å²) < 4.78 is 18.0. The molecule has 1 aromatic heterocycles. The first-order chi connectivity index (χ1) is 10.5. The maximum atomic E-state index is 13.1. The van der Waals surface area contributed by atoms with E-state index in [2.05, 4.69) is 15.3 Å². The number of nitrogens with zero attached hydrogens (tertiary/aromatic N) is 2. The molecule has 6 heteroatoms. The van der Waals surface area contributed by atoms with E-state index in [1.54, 1.807) is 19.2 Å². The average molecular weight is 303 g/mol. The molecule has 1 aromatic carbocycles. The van der Waals surface area contributed by atoms with Gasteiger partial charge >= 0.3 is 5.97 Å². The average Bonchev–Trinajstić information content (AvgIpc) is 2.53. The third-order valence-electron chi connectivity index (χ3n) is 3.21. The largest absolute Gasteiger partial charge is 0.465 e. The number of hydrogen-bond acceptors (Lipinski definition) is 5. The molecule has 0 aliphatic heterocycles. The lowest BCUT2D eigenvalue weighted by Gasteiger charge is -2.16. The van der Waals surface area contributed by atoms with Crippen LogP contribution in [0.1, 0.15) is 35.8 Å². The lowest BCUT2D eigenvalue weighted by molar-refractivity contribution is 0.0599. The van der Waals surface area contributed by atoms with Crippen molar-refractivity contribution in [2.24, 2.45) is 0 Å². The van der Waals surface area contributed by atoms with E-state index in [0.29, 0.717) is 28.5 Å². The van der Waals surface area contributed by atoms with E-state index >= 15 is 0 Å². The van der Waals surface area contributed by atoms with Crippen LogP contribution in [0.3, 0.4) is 0 Å². The number of hydrogen-bond donors (Lipinski definition) is 1. The highest BCUT2D eigenvalue weighted by Gasteiger charge is 2.24. The van der Waals surface area contributed by atoms with Gasteiger partial charge < -0.3 is 10.1 Å². The maximum absolute atomic E-state index is 13.1. The van der Waals surface area contributed by atoms with Crippen molar-refractivity contribution in [3.63, 3.8) is 0 Å². The summed E-state index contributed by atoms with van der Waals surface area (Å²) in [6.07, 6.45) is 0. The molecule has 0 aliphatic carbocycles. The van der Waals surface area contributed by atoms with Gasteiger partial charge in [-0.1, -0.05) is 13.8 Å². The van der Waals surface area contributed by atoms with Crippen LogP contribution in [0, 0.1) is 5.82 Å². The molecule has 0 aliphatic rings. The van der Waals surface area contributed by atoms with Crippen LogP contribution in [0.15, 0.2) is 24.3 Å². The van der Waals surface area contributed by atoms with Crippen molar-refractivity contribution >= 4 is 11.9 Å². The zero-order valence-corrected chi connectivity index (χ0v) is 13.0. The van der Waals surface area contributed by atoms with Crippen LogP contribution in [0.4, 0.5) is 10.3 Å². The molecule has 2 aromatic rings. The van der Waals surface area contributed by atoms with Gasteiger partial charge in [0, 0.05) is 12.6 Å². The van der Waals surface area contributed by atoms with Crippen molar-refractivity contribution in [1.29, 1.82) is 0 Å². The summed E-state index contributed by atoms with van der Waals surface area (Å²) >= 11 is 0. The van der Waals surface area contributed by atoms with E-state index in [1.807, 2.05) is 13.8 Å². The van der Waals surface area contributed by atoms with E-state index in [0.717, 1.165) is 0 Å². The zero-order chi connectivity index (χ0) is 16.3. The molecule has 1 heterocycles. The first-order valence-electron chi connectivity index (χ1n) is 6.91. The highest BCUT2D eigenvalue weighted by molar-refractivity contribution is 5.97. The second-order valence-electron chi connectivity index (χ2n) is 5.06. The van der Waals surface area contributed by atoms with Gasteiger partial charge in [0.05, 0.1) is 18.5 Å². The fourth-order valence-electron chi connectivity index (χ4n) is 2.13. The Balaban J connectivity index is 2.76. The van der Waals surface area contributed by atoms with Gasteiger partial charge in [-0.2, -0.15) is 0 Å². The smallest absolute Gasteiger partial charge is 0.341 e. The number of anilines is 1. The lowest BCUT2D eigenvalue weighted by atomic mass is 9.98. The van der Waals surface area contributed by atoms with Gasteiger partial charge in [-0.15, -0.1) is 0 Å². The molecule has 0 radical (unpaired) electrons. The van der Waals surface area contributed by atoms with Crippen molar-refractivity contribution in [2.45, 2.75) is 19.8 Å². The molecule has 1 N–H and O–H groups in total. The quantitative estimate of drug-likeness (QED) is 0.878. The van der Waals surface area contributed by atoms with E-state index in [9.17, 15) is 9.18 Å². The van der Waals surface area contributed by atoms with Crippen LogP contribution >= 0.6 is 0 Å². The Kier molecular flexibility index (Phi) is 4.70. The summed E-state index contributed by atoms with van der Waals surface area (Å²) in [7, 11) is 3.01. The molecule has 0 unspecified atom stereocenters. The molecular weight excluding hydrogens is 285 g/mol. The number of carbonyl (C=O) groups is 1. The van der Waals surface area contributed by atoms with Gasteiger partial charge in [0.25, 0.3) is 0 Å². The van der Waals surface area contributed by atoms with E-state index in [-0.39, 0.29) is 11.7 Å². The SMILES string of the molecule is CNc1nc(-c2ccc(F)cc2)c(C(=O)OC)c(C(C)C)n1. The lowest BCUT2D eigenvalue weighted by Crippen LogP contribution is -2.14. The fourth-order valence-corrected chi connectivity index (χ4v) is 2.13. The van der Waals surface area contributed by atoms with Gasteiger partial charge in [-0.3, -0.25) is 0 Å². The number of esters is 1. The standard InChI is InChI=1S/C16H18FN3O2/c1-9(2)13-12(15(21)22-4)14(20-16(18-3)19-13)10-5-7-11(17)8-6-10/h5-9H,1-4H3,(H,18,19,20). The highest BCUT2D eigenvalue weighted by atomic mass is 19.1. The number of methoxy groups -OCH3 is 1. The molecule has 0 spiro atoms. The van der Waals surface area contributed by atoms with Crippen LogP contribution in [-0.4, -0.2) is 30.1 Å². The van der Waals surface area contributed by atoms with Gasteiger partial charge in [0.1, 0.15) is 11.4 Å². The number of aromatic nitrogens is 2. The number of rotatable bonds is 4. The first-order valence-corrected chi connectivity index (χ1v) is 6.91. The molecule has 0 saturated carbocycles. The second-order valence-corrected chi connectivity index (χ2v) is 5.06. The number of nitrogens with one attached hydrogen (secondary N) is 1. The minimum Gasteiger partial charge on any atom is -0.465 e. The Hall–Kier alpha value is -2.50. The van der Waals surface area contributed by atoms with E-state index in [1.165, 1.54) is 19.2 Å². The number of benzene rings is 1. The van der Waals surface area contributed by atoms with Gasteiger partial charge in [-0.05, 0) is 30.2 Å². The third-order valence-corrected chi connectivity index (χ3v) is 3.21. The van der Waals surface area contributed by atoms with E-state index in [4.69, 9.17) is 4.74 Å². The van der Waals surface area contributed by atoms with Crippen LogP contribution in [0.2, 0.25) is 0 Å². The van der Waals surface area contributed by atoms with Crippen molar-refractivity contribution < 1.29 is 13.9 Å². The summed E-state index contributed by atoms with van der Waals surface area (Å²) in [5.74, 6) is -0.458. The molecule has 22 heavy (non-hydrogen) atoms. The molecule has 0 atom stereocenters. The summed E-state index contributed by atoms with van der Waals surface area (Å²) in [5.41, 5.74) is 1.95. The molecule has 116 valence electrons. The topological polar surface area (TPSA) is 64.1 Å².